The second kappa shape index (κ2) is 8.96. The van der Waals surface area contributed by atoms with Gasteiger partial charge in [0.15, 0.2) is 5.82 Å². The molecular formula is C17H24ClFN2O3S. The van der Waals surface area contributed by atoms with Crippen LogP contribution in [0.15, 0.2) is 23.1 Å². The van der Waals surface area contributed by atoms with Crippen molar-refractivity contribution in [2.45, 2.75) is 43.9 Å². The van der Waals surface area contributed by atoms with E-state index in [1.807, 2.05) is 0 Å². The van der Waals surface area contributed by atoms with Crippen molar-refractivity contribution in [2.75, 3.05) is 19.6 Å². The van der Waals surface area contributed by atoms with Crippen molar-refractivity contribution in [1.29, 1.82) is 0 Å². The summed E-state index contributed by atoms with van der Waals surface area (Å²) in [6, 6.07) is 3.93. The quantitative estimate of drug-likeness (QED) is 0.727. The SMILES string of the molecule is CCCCCNC(=O)C1CCN(S(=O)(=O)c2cccc(Cl)c2F)CC1. The first-order valence-corrected chi connectivity index (χ1v) is 10.4. The van der Waals surface area contributed by atoms with E-state index in [1.54, 1.807) is 0 Å². The van der Waals surface area contributed by atoms with Crippen molar-refractivity contribution in [3.8, 4) is 0 Å². The third kappa shape index (κ3) is 4.92. The Kier molecular flexibility index (Phi) is 7.22. The fraction of sp³-hybridized carbons (Fsp3) is 0.588. The number of carbonyl (C=O) groups is 1. The minimum atomic E-state index is -3.95. The van der Waals surface area contributed by atoms with E-state index in [1.165, 1.54) is 22.5 Å². The lowest BCUT2D eigenvalue weighted by atomic mass is 9.97. The van der Waals surface area contributed by atoms with Gasteiger partial charge in [-0.2, -0.15) is 4.31 Å². The summed E-state index contributed by atoms with van der Waals surface area (Å²) in [7, 11) is -3.95. The number of amides is 1. The van der Waals surface area contributed by atoms with Gasteiger partial charge < -0.3 is 5.32 Å². The largest absolute Gasteiger partial charge is 0.356 e. The van der Waals surface area contributed by atoms with E-state index in [9.17, 15) is 17.6 Å². The van der Waals surface area contributed by atoms with E-state index < -0.39 is 20.7 Å². The van der Waals surface area contributed by atoms with E-state index >= 15 is 0 Å². The molecule has 0 saturated carbocycles. The molecule has 8 heteroatoms. The zero-order valence-corrected chi connectivity index (χ0v) is 15.9. The van der Waals surface area contributed by atoms with Crippen molar-refractivity contribution in [1.82, 2.24) is 9.62 Å². The molecule has 1 aliphatic heterocycles. The van der Waals surface area contributed by atoms with Crippen LogP contribution in [-0.4, -0.2) is 38.3 Å². The average molecular weight is 391 g/mol. The normalized spacial score (nSPS) is 16.8. The summed E-state index contributed by atoms with van der Waals surface area (Å²) in [6.45, 7) is 3.14. The highest BCUT2D eigenvalue weighted by Gasteiger charge is 2.33. The molecule has 0 spiro atoms. The predicted molar refractivity (Wildman–Crippen MR) is 95.4 cm³/mol. The smallest absolute Gasteiger partial charge is 0.246 e. The van der Waals surface area contributed by atoms with Crippen LogP contribution in [0.3, 0.4) is 0 Å². The summed E-state index contributed by atoms with van der Waals surface area (Å²) in [5.41, 5.74) is 0. The maximum absolute atomic E-state index is 14.1. The number of nitrogens with zero attached hydrogens (tertiary/aromatic N) is 1. The van der Waals surface area contributed by atoms with Crippen LogP contribution in [0.5, 0.6) is 0 Å². The molecule has 0 bridgehead atoms. The summed E-state index contributed by atoms with van der Waals surface area (Å²) >= 11 is 5.68. The van der Waals surface area contributed by atoms with E-state index in [4.69, 9.17) is 11.6 Å². The molecule has 1 aliphatic rings. The lowest BCUT2D eigenvalue weighted by Gasteiger charge is -2.30. The van der Waals surface area contributed by atoms with Gasteiger partial charge >= 0.3 is 0 Å². The molecule has 1 heterocycles. The van der Waals surface area contributed by atoms with E-state index in [0.717, 1.165) is 19.3 Å². The molecule has 1 N–H and O–H groups in total. The van der Waals surface area contributed by atoms with Gasteiger partial charge in [0.1, 0.15) is 4.90 Å². The van der Waals surface area contributed by atoms with Crippen molar-refractivity contribution in [3.63, 3.8) is 0 Å². The van der Waals surface area contributed by atoms with Gasteiger partial charge in [-0.3, -0.25) is 4.79 Å². The number of hydrogen-bond donors (Lipinski definition) is 1. The summed E-state index contributed by atoms with van der Waals surface area (Å²) < 4.78 is 40.5. The zero-order chi connectivity index (χ0) is 18.4. The monoisotopic (exact) mass is 390 g/mol. The Hall–Kier alpha value is -1.18. The first-order valence-electron chi connectivity index (χ1n) is 8.59. The second-order valence-electron chi connectivity index (χ2n) is 6.23. The van der Waals surface area contributed by atoms with Gasteiger partial charge in [-0.15, -0.1) is 0 Å². The lowest BCUT2D eigenvalue weighted by Crippen LogP contribution is -2.43. The van der Waals surface area contributed by atoms with Gasteiger partial charge in [-0.1, -0.05) is 37.4 Å². The number of hydrogen-bond acceptors (Lipinski definition) is 3. The highest BCUT2D eigenvalue weighted by atomic mass is 35.5. The number of sulfonamides is 1. The van der Waals surface area contributed by atoms with Crippen LogP contribution >= 0.6 is 11.6 Å². The predicted octanol–water partition coefficient (Wildman–Crippen LogP) is 3.19. The standard InChI is InChI=1S/C17H24ClFN2O3S/c1-2-3-4-10-20-17(22)13-8-11-21(12-9-13)25(23,24)15-7-5-6-14(18)16(15)19/h5-7,13H,2-4,8-12H2,1H3,(H,20,22). The first-order chi connectivity index (χ1) is 11.9. The van der Waals surface area contributed by atoms with E-state index in [-0.39, 0.29) is 29.9 Å². The van der Waals surface area contributed by atoms with Gasteiger partial charge in [0, 0.05) is 25.6 Å². The Morgan fingerprint density at radius 1 is 1.32 bits per heavy atom. The summed E-state index contributed by atoms with van der Waals surface area (Å²) in [5.74, 6) is -1.15. The number of benzene rings is 1. The number of carbonyl (C=O) groups excluding carboxylic acids is 1. The van der Waals surface area contributed by atoms with Crippen molar-refractivity contribution < 1.29 is 17.6 Å². The molecule has 0 radical (unpaired) electrons. The molecule has 5 nitrogen and oxygen atoms in total. The third-order valence-corrected chi connectivity index (χ3v) is 6.65. The van der Waals surface area contributed by atoms with Crippen LogP contribution in [-0.2, 0) is 14.8 Å². The third-order valence-electron chi connectivity index (χ3n) is 4.44. The highest BCUT2D eigenvalue weighted by molar-refractivity contribution is 7.89. The molecule has 0 aromatic heterocycles. The molecule has 1 aromatic rings. The average Bonchev–Trinajstić information content (AvgIpc) is 2.61. The van der Waals surface area contributed by atoms with Crippen LogP contribution in [0.1, 0.15) is 39.0 Å². The minimum Gasteiger partial charge on any atom is -0.356 e. The van der Waals surface area contributed by atoms with Crippen LogP contribution < -0.4 is 5.32 Å². The Labute approximate surface area is 153 Å². The Bertz CT molecular complexity index is 704. The Balaban J connectivity index is 1.95. The van der Waals surface area contributed by atoms with Crippen LogP contribution in [0, 0.1) is 11.7 Å². The maximum atomic E-state index is 14.1. The van der Waals surface area contributed by atoms with Crippen LogP contribution in [0.4, 0.5) is 4.39 Å². The molecular weight excluding hydrogens is 367 g/mol. The molecule has 1 amide bonds. The van der Waals surface area contributed by atoms with Crippen LogP contribution in [0.2, 0.25) is 5.02 Å². The van der Waals surface area contributed by atoms with Crippen molar-refractivity contribution in [3.05, 3.63) is 29.0 Å². The molecule has 0 aliphatic carbocycles. The topological polar surface area (TPSA) is 66.5 Å². The minimum absolute atomic E-state index is 0.0258. The van der Waals surface area contributed by atoms with Gasteiger partial charge in [0.05, 0.1) is 5.02 Å². The molecule has 1 saturated heterocycles. The summed E-state index contributed by atoms with van der Waals surface area (Å²) in [6.07, 6.45) is 3.97. The lowest BCUT2D eigenvalue weighted by molar-refractivity contribution is -0.126. The van der Waals surface area contributed by atoms with E-state index in [0.29, 0.717) is 19.4 Å². The Morgan fingerprint density at radius 2 is 2.00 bits per heavy atom. The second-order valence-corrected chi connectivity index (χ2v) is 8.54. The number of rotatable bonds is 7. The highest BCUT2D eigenvalue weighted by Crippen LogP contribution is 2.28. The van der Waals surface area contributed by atoms with Crippen LogP contribution in [0.25, 0.3) is 0 Å². The number of piperidine rings is 1. The summed E-state index contributed by atoms with van der Waals surface area (Å²) in [4.78, 5) is 11.7. The molecule has 2 rings (SSSR count). The molecule has 1 fully saturated rings. The number of nitrogens with one attached hydrogen (secondary N) is 1. The first kappa shape index (κ1) is 20.1. The number of halogens is 2. The van der Waals surface area contributed by atoms with Gasteiger partial charge in [-0.05, 0) is 31.4 Å². The molecule has 25 heavy (non-hydrogen) atoms. The molecule has 0 atom stereocenters. The summed E-state index contributed by atoms with van der Waals surface area (Å²) in [5, 5.41) is 2.68. The maximum Gasteiger partial charge on any atom is 0.246 e. The van der Waals surface area contributed by atoms with E-state index in [2.05, 4.69) is 12.2 Å². The fourth-order valence-electron chi connectivity index (χ4n) is 2.91. The van der Waals surface area contributed by atoms with Crippen molar-refractivity contribution >= 4 is 27.5 Å². The molecule has 0 unspecified atom stereocenters. The van der Waals surface area contributed by atoms with Crippen molar-refractivity contribution in [2.24, 2.45) is 5.92 Å². The van der Waals surface area contributed by atoms with Gasteiger partial charge in [-0.25, -0.2) is 12.8 Å². The molecule has 1 aromatic carbocycles. The van der Waals surface area contributed by atoms with Gasteiger partial charge in [0.2, 0.25) is 15.9 Å². The fourth-order valence-corrected chi connectivity index (χ4v) is 4.70. The number of unbranched alkanes of at least 4 members (excludes halogenated alkanes) is 2. The zero-order valence-electron chi connectivity index (χ0n) is 14.3. The van der Waals surface area contributed by atoms with Gasteiger partial charge in [0.25, 0.3) is 0 Å². The Morgan fingerprint density at radius 3 is 2.64 bits per heavy atom. The molecule has 140 valence electrons.